The average Bonchev–Trinajstić information content (AvgIpc) is 2.46. The first-order valence-electron chi connectivity index (χ1n) is 6.17. The van der Waals surface area contributed by atoms with Gasteiger partial charge in [-0.05, 0) is 36.2 Å². The normalized spacial score (nSPS) is 12.2. The zero-order valence-electron chi connectivity index (χ0n) is 11.1. The minimum atomic E-state index is 0.261. The van der Waals surface area contributed by atoms with Gasteiger partial charge in [-0.2, -0.15) is 0 Å². The van der Waals surface area contributed by atoms with Crippen molar-refractivity contribution in [2.24, 2.45) is 0 Å². The predicted molar refractivity (Wildman–Crippen MR) is 77.5 cm³/mol. The van der Waals surface area contributed by atoms with Gasteiger partial charge in [0.2, 0.25) is 5.88 Å². The highest BCUT2D eigenvalue weighted by atomic mass is 35.5. The van der Waals surface area contributed by atoms with Gasteiger partial charge in [-0.1, -0.05) is 23.7 Å². The van der Waals surface area contributed by atoms with Gasteiger partial charge < -0.3 is 10.1 Å². The molecule has 0 saturated heterocycles. The van der Waals surface area contributed by atoms with Gasteiger partial charge in [0.25, 0.3) is 0 Å². The van der Waals surface area contributed by atoms with Crippen LogP contribution in [0.4, 0.5) is 0 Å². The number of aromatic nitrogens is 1. The Labute approximate surface area is 118 Å². The number of hydrogen-bond acceptors (Lipinski definition) is 3. The van der Waals surface area contributed by atoms with Crippen molar-refractivity contribution in [2.75, 3.05) is 7.11 Å². The van der Waals surface area contributed by atoms with Crippen LogP contribution in [0, 0.1) is 0 Å². The summed E-state index contributed by atoms with van der Waals surface area (Å²) in [4.78, 5) is 4.09. The van der Waals surface area contributed by atoms with Crippen LogP contribution in [0.5, 0.6) is 5.88 Å². The highest BCUT2D eigenvalue weighted by Crippen LogP contribution is 2.17. The van der Waals surface area contributed by atoms with Gasteiger partial charge in [0.1, 0.15) is 0 Å². The molecule has 0 aliphatic rings. The molecule has 4 heteroatoms. The fraction of sp³-hybridized carbons (Fsp3) is 0.267. The maximum Gasteiger partial charge on any atom is 0.213 e. The average molecular weight is 277 g/mol. The molecule has 0 saturated carbocycles. The van der Waals surface area contributed by atoms with Crippen molar-refractivity contribution < 1.29 is 4.74 Å². The second-order valence-electron chi connectivity index (χ2n) is 4.36. The Kier molecular flexibility index (Phi) is 4.77. The Morgan fingerprint density at radius 1 is 1.26 bits per heavy atom. The first-order valence-corrected chi connectivity index (χ1v) is 6.54. The summed E-state index contributed by atoms with van der Waals surface area (Å²) >= 11 is 5.88. The lowest BCUT2D eigenvalue weighted by atomic mass is 10.1. The van der Waals surface area contributed by atoms with Gasteiger partial charge in [0.05, 0.1) is 7.11 Å². The van der Waals surface area contributed by atoms with Crippen LogP contribution < -0.4 is 10.1 Å². The van der Waals surface area contributed by atoms with Crippen LogP contribution in [0.25, 0.3) is 0 Å². The van der Waals surface area contributed by atoms with Crippen molar-refractivity contribution in [3.05, 3.63) is 58.7 Å². The molecule has 2 rings (SSSR count). The van der Waals surface area contributed by atoms with Crippen molar-refractivity contribution in [1.82, 2.24) is 10.3 Å². The molecule has 1 heterocycles. The third-order valence-corrected chi connectivity index (χ3v) is 3.24. The topological polar surface area (TPSA) is 34.1 Å². The smallest absolute Gasteiger partial charge is 0.213 e. The fourth-order valence-corrected chi connectivity index (χ4v) is 1.94. The van der Waals surface area contributed by atoms with Crippen LogP contribution in [0.2, 0.25) is 5.02 Å². The lowest BCUT2D eigenvalue weighted by Gasteiger charge is -2.14. The van der Waals surface area contributed by atoms with E-state index in [0.29, 0.717) is 5.88 Å². The fourth-order valence-electron chi connectivity index (χ4n) is 1.81. The van der Waals surface area contributed by atoms with Crippen LogP contribution in [0.15, 0.2) is 42.6 Å². The molecule has 2 aromatic rings. The molecule has 1 aromatic carbocycles. The monoisotopic (exact) mass is 276 g/mol. The number of rotatable bonds is 5. The Hall–Kier alpha value is -1.58. The van der Waals surface area contributed by atoms with Crippen molar-refractivity contribution in [1.29, 1.82) is 0 Å². The maximum absolute atomic E-state index is 5.88. The van der Waals surface area contributed by atoms with E-state index in [0.717, 1.165) is 17.1 Å². The number of ether oxygens (including phenoxy) is 1. The van der Waals surface area contributed by atoms with Crippen LogP contribution in [0.3, 0.4) is 0 Å². The second-order valence-corrected chi connectivity index (χ2v) is 4.80. The molecule has 0 bridgehead atoms. The molecule has 0 amide bonds. The Morgan fingerprint density at radius 3 is 2.68 bits per heavy atom. The molecule has 1 N–H and O–H groups in total. The van der Waals surface area contributed by atoms with Gasteiger partial charge in [-0.25, -0.2) is 4.98 Å². The van der Waals surface area contributed by atoms with Gasteiger partial charge in [0.15, 0.2) is 0 Å². The standard InChI is InChI=1S/C15H17ClN2O/c1-11(13-3-5-14(16)6-4-13)18-10-12-7-8-17-15(9-12)19-2/h3-9,11,18H,10H2,1-2H3. The number of nitrogens with zero attached hydrogens (tertiary/aromatic N) is 1. The molecule has 0 spiro atoms. The van der Waals surface area contributed by atoms with E-state index in [-0.39, 0.29) is 6.04 Å². The molecule has 0 radical (unpaired) electrons. The maximum atomic E-state index is 5.88. The van der Waals surface area contributed by atoms with Gasteiger partial charge in [-0.3, -0.25) is 0 Å². The SMILES string of the molecule is COc1cc(CNC(C)c2ccc(Cl)cc2)ccn1. The summed E-state index contributed by atoms with van der Waals surface area (Å²) in [6, 6.07) is 12.1. The number of nitrogens with one attached hydrogen (secondary N) is 1. The Balaban J connectivity index is 1.96. The number of benzene rings is 1. The summed E-state index contributed by atoms with van der Waals surface area (Å²) in [6.07, 6.45) is 1.75. The minimum Gasteiger partial charge on any atom is -0.481 e. The number of methoxy groups -OCH3 is 1. The third-order valence-electron chi connectivity index (χ3n) is 2.99. The molecule has 0 aliphatic heterocycles. The zero-order chi connectivity index (χ0) is 13.7. The summed E-state index contributed by atoms with van der Waals surface area (Å²) in [5.41, 5.74) is 2.36. The molecule has 100 valence electrons. The summed E-state index contributed by atoms with van der Waals surface area (Å²) in [5.74, 6) is 0.637. The molecule has 0 fully saturated rings. The summed E-state index contributed by atoms with van der Waals surface area (Å²) in [6.45, 7) is 2.89. The first kappa shape index (κ1) is 13.8. The Morgan fingerprint density at radius 2 is 2.00 bits per heavy atom. The van der Waals surface area contributed by atoms with E-state index >= 15 is 0 Å². The molecule has 1 aromatic heterocycles. The summed E-state index contributed by atoms with van der Waals surface area (Å²) in [7, 11) is 1.62. The van der Waals surface area contributed by atoms with Gasteiger partial charge in [-0.15, -0.1) is 0 Å². The quantitative estimate of drug-likeness (QED) is 0.906. The van der Waals surface area contributed by atoms with Gasteiger partial charge >= 0.3 is 0 Å². The first-order chi connectivity index (χ1) is 9.19. The molecular weight excluding hydrogens is 260 g/mol. The Bertz CT molecular complexity index is 528. The van der Waals surface area contributed by atoms with E-state index in [1.807, 2.05) is 36.4 Å². The zero-order valence-corrected chi connectivity index (χ0v) is 11.8. The van der Waals surface area contributed by atoms with E-state index in [9.17, 15) is 0 Å². The van der Waals surface area contributed by atoms with E-state index in [2.05, 4.69) is 17.2 Å². The lowest BCUT2D eigenvalue weighted by Crippen LogP contribution is -2.18. The van der Waals surface area contributed by atoms with Crippen molar-refractivity contribution in [3.8, 4) is 5.88 Å². The number of halogens is 1. The third kappa shape index (κ3) is 3.94. The van der Waals surface area contributed by atoms with Crippen molar-refractivity contribution >= 4 is 11.6 Å². The number of hydrogen-bond donors (Lipinski definition) is 1. The molecular formula is C15H17ClN2O. The second kappa shape index (κ2) is 6.55. The van der Waals surface area contributed by atoms with Crippen LogP contribution in [-0.2, 0) is 6.54 Å². The summed E-state index contributed by atoms with van der Waals surface area (Å²) < 4.78 is 5.11. The largest absolute Gasteiger partial charge is 0.481 e. The minimum absolute atomic E-state index is 0.261. The molecule has 0 aliphatic carbocycles. The van der Waals surface area contributed by atoms with E-state index in [1.165, 1.54) is 5.56 Å². The summed E-state index contributed by atoms with van der Waals surface area (Å²) in [5, 5.41) is 4.22. The van der Waals surface area contributed by atoms with Crippen LogP contribution >= 0.6 is 11.6 Å². The molecule has 1 atom stereocenters. The predicted octanol–water partition coefficient (Wildman–Crippen LogP) is 3.59. The molecule has 19 heavy (non-hydrogen) atoms. The molecule has 3 nitrogen and oxygen atoms in total. The van der Waals surface area contributed by atoms with Crippen molar-refractivity contribution in [3.63, 3.8) is 0 Å². The van der Waals surface area contributed by atoms with Crippen LogP contribution in [-0.4, -0.2) is 12.1 Å². The highest BCUT2D eigenvalue weighted by molar-refractivity contribution is 6.30. The number of pyridine rings is 1. The van der Waals surface area contributed by atoms with Crippen molar-refractivity contribution in [2.45, 2.75) is 19.5 Å². The van der Waals surface area contributed by atoms with Crippen LogP contribution in [0.1, 0.15) is 24.1 Å². The van der Waals surface area contributed by atoms with E-state index < -0.39 is 0 Å². The van der Waals surface area contributed by atoms with E-state index in [1.54, 1.807) is 13.3 Å². The van der Waals surface area contributed by atoms with Gasteiger partial charge in [0, 0.05) is 29.9 Å². The van der Waals surface area contributed by atoms with E-state index in [4.69, 9.17) is 16.3 Å². The molecule has 1 unspecified atom stereocenters. The highest BCUT2D eigenvalue weighted by Gasteiger charge is 2.05. The lowest BCUT2D eigenvalue weighted by molar-refractivity contribution is 0.397.